The van der Waals surface area contributed by atoms with Gasteiger partial charge in [-0.1, -0.05) is 6.07 Å². The zero-order valence-corrected chi connectivity index (χ0v) is 10.2. The van der Waals surface area contributed by atoms with Crippen LogP contribution in [0.4, 0.5) is 13.2 Å². The van der Waals surface area contributed by atoms with Crippen LogP contribution in [0.5, 0.6) is 5.75 Å². The van der Waals surface area contributed by atoms with E-state index in [1.807, 2.05) is 0 Å². The molecule has 0 radical (unpaired) electrons. The van der Waals surface area contributed by atoms with Gasteiger partial charge in [0, 0.05) is 0 Å². The average Bonchev–Trinajstić information content (AvgIpc) is 2.36. The molecular formula is C12H9F3N2O3. The molecule has 1 aromatic carbocycles. The summed E-state index contributed by atoms with van der Waals surface area (Å²) in [6.07, 6.45) is -4.54. The van der Waals surface area contributed by atoms with Crippen LogP contribution in [-0.2, 0) is 11.0 Å². The molecular weight excluding hydrogens is 277 g/mol. The second kappa shape index (κ2) is 5.97. The van der Waals surface area contributed by atoms with Crippen LogP contribution in [-0.4, -0.2) is 11.0 Å². The summed E-state index contributed by atoms with van der Waals surface area (Å²) >= 11 is 0. The summed E-state index contributed by atoms with van der Waals surface area (Å²) in [6.45, 7) is 1.11. The molecule has 1 aromatic rings. The molecule has 0 aromatic heterocycles. The van der Waals surface area contributed by atoms with Crippen molar-refractivity contribution < 1.29 is 27.9 Å². The molecule has 0 spiro atoms. The molecule has 2 N–H and O–H groups in total. The number of halogens is 3. The minimum absolute atomic E-state index is 0.263. The molecule has 0 saturated heterocycles. The first-order valence-corrected chi connectivity index (χ1v) is 5.20. The van der Waals surface area contributed by atoms with Crippen molar-refractivity contribution in [2.75, 3.05) is 0 Å². The number of aliphatic hydroxyl groups excluding tert-OH is 1. The summed E-state index contributed by atoms with van der Waals surface area (Å²) < 4.78 is 37.3. The fraction of sp³-hybridized carbons (Fsp3) is 0.167. The van der Waals surface area contributed by atoms with Crippen LogP contribution in [0.25, 0.3) is 0 Å². The van der Waals surface area contributed by atoms with E-state index in [1.54, 1.807) is 5.48 Å². The zero-order valence-electron chi connectivity index (χ0n) is 10.2. The van der Waals surface area contributed by atoms with Gasteiger partial charge in [-0.05, 0) is 25.1 Å². The minimum atomic E-state index is -4.54. The van der Waals surface area contributed by atoms with Crippen LogP contribution in [0.1, 0.15) is 12.5 Å². The van der Waals surface area contributed by atoms with Crippen LogP contribution in [0, 0.1) is 11.3 Å². The Hall–Kier alpha value is -2.69. The first-order valence-electron chi connectivity index (χ1n) is 5.20. The number of hydroxylamine groups is 1. The van der Waals surface area contributed by atoms with Crippen molar-refractivity contribution in [2.45, 2.75) is 13.1 Å². The van der Waals surface area contributed by atoms with Gasteiger partial charge in [0.15, 0.2) is 11.3 Å². The van der Waals surface area contributed by atoms with Gasteiger partial charge in [0.1, 0.15) is 11.8 Å². The van der Waals surface area contributed by atoms with Crippen molar-refractivity contribution in [3.05, 3.63) is 41.2 Å². The number of hydrogen-bond donors (Lipinski definition) is 2. The molecule has 0 aliphatic rings. The summed E-state index contributed by atoms with van der Waals surface area (Å²) in [5.74, 6) is -1.86. The third kappa shape index (κ3) is 3.91. The van der Waals surface area contributed by atoms with Crippen LogP contribution in [0.2, 0.25) is 0 Å². The number of carbonyl (C=O) groups is 1. The van der Waals surface area contributed by atoms with E-state index < -0.39 is 29.0 Å². The predicted molar refractivity (Wildman–Crippen MR) is 61.2 cm³/mol. The second-order valence-corrected chi connectivity index (χ2v) is 3.63. The maximum Gasteiger partial charge on any atom is 0.416 e. The lowest BCUT2D eigenvalue weighted by molar-refractivity contribution is -0.137. The van der Waals surface area contributed by atoms with Gasteiger partial charge in [0.2, 0.25) is 0 Å². The van der Waals surface area contributed by atoms with Crippen molar-refractivity contribution in [1.82, 2.24) is 5.48 Å². The molecule has 0 fully saturated rings. The highest BCUT2D eigenvalue weighted by molar-refractivity contribution is 5.97. The van der Waals surface area contributed by atoms with Crippen molar-refractivity contribution in [3.63, 3.8) is 0 Å². The Morgan fingerprint density at radius 2 is 2.10 bits per heavy atom. The summed E-state index contributed by atoms with van der Waals surface area (Å²) in [5.41, 5.74) is 0.218. The number of alkyl halides is 3. The molecule has 106 valence electrons. The molecule has 1 amide bonds. The Morgan fingerprint density at radius 1 is 1.45 bits per heavy atom. The van der Waals surface area contributed by atoms with Gasteiger partial charge < -0.3 is 9.94 Å². The molecule has 5 nitrogen and oxygen atoms in total. The number of hydrogen-bond acceptors (Lipinski definition) is 4. The normalized spacial score (nSPS) is 12.2. The van der Waals surface area contributed by atoms with E-state index in [0.29, 0.717) is 6.07 Å². The van der Waals surface area contributed by atoms with Crippen LogP contribution < -0.4 is 10.3 Å². The number of benzene rings is 1. The van der Waals surface area contributed by atoms with E-state index in [-0.39, 0.29) is 5.75 Å². The molecule has 8 heteroatoms. The van der Waals surface area contributed by atoms with Gasteiger partial charge in [-0.25, -0.2) is 0 Å². The van der Waals surface area contributed by atoms with Gasteiger partial charge >= 0.3 is 6.18 Å². The highest BCUT2D eigenvalue weighted by atomic mass is 19.4. The summed E-state index contributed by atoms with van der Waals surface area (Å²) in [6, 6.07) is 5.24. The Kier molecular flexibility index (Phi) is 4.59. The summed E-state index contributed by atoms with van der Waals surface area (Å²) in [7, 11) is 0. The van der Waals surface area contributed by atoms with Crippen LogP contribution in [0.15, 0.2) is 35.6 Å². The third-order valence-electron chi connectivity index (χ3n) is 2.12. The van der Waals surface area contributed by atoms with Crippen molar-refractivity contribution in [2.24, 2.45) is 0 Å². The molecule has 0 aliphatic heterocycles. The van der Waals surface area contributed by atoms with Crippen LogP contribution >= 0.6 is 0 Å². The number of allylic oxidation sites excluding steroid dienone is 1. The van der Waals surface area contributed by atoms with Gasteiger partial charge in [-0.2, -0.15) is 23.9 Å². The zero-order chi connectivity index (χ0) is 15.3. The smallest absolute Gasteiger partial charge is 0.416 e. The Labute approximate surface area is 111 Å². The van der Waals surface area contributed by atoms with Crippen LogP contribution in [0.3, 0.4) is 0 Å². The predicted octanol–water partition coefficient (Wildman–Crippen LogP) is 2.47. The number of amides is 1. The number of nitrogens with one attached hydrogen (secondary N) is 1. The number of nitriles is 1. The average molecular weight is 286 g/mol. The molecule has 0 saturated carbocycles. The van der Waals surface area contributed by atoms with E-state index in [4.69, 9.17) is 10.4 Å². The van der Waals surface area contributed by atoms with Gasteiger partial charge in [0.05, 0.1) is 5.56 Å². The lowest BCUT2D eigenvalue weighted by atomic mass is 10.2. The molecule has 1 rings (SSSR count). The lowest BCUT2D eigenvalue weighted by Gasteiger charge is -2.10. The van der Waals surface area contributed by atoms with Gasteiger partial charge in [-0.15, -0.1) is 0 Å². The molecule has 0 heterocycles. The van der Waals surface area contributed by atoms with Crippen molar-refractivity contribution in [3.8, 4) is 11.8 Å². The minimum Gasteiger partial charge on any atom is -0.511 e. The number of carbonyl (C=O) groups excluding carboxylic acids is 1. The highest BCUT2D eigenvalue weighted by Gasteiger charge is 2.30. The number of aliphatic hydroxyl groups is 1. The topological polar surface area (TPSA) is 82.3 Å². The maximum absolute atomic E-state index is 12.4. The van der Waals surface area contributed by atoms with Gasteiger partial charge in [0.25, 0.3) is 5.91 Å². The van der Waals surface area contributed by atoms with Crippen molar-refractivity contribution >= 4 is 5.91 Å². The fourth-order valence-corrected chi connectivity index (χ4v) is 1.19. The molecule has 0 unspecified atom stereocenters. The molecule has 20 heavy (non-hydrogen) atoms. The SMILES string of the molecule is C/C(O)=C(/C#N)C(=O)NOc1cccc(C(F)(F)F)c1. The summed E-state index contributed by atoms with van der Waals surface area (Å²) in [5, 5.41) is 17.6. The highest BCUT2D eigenvalue weighted by Crippen LogP contribution is 2.31. The standard InChI is InChI=1S/C12H9F3N2O3/c1-7(18)10(6-16)11(19)17-20-9-4-2-3-8(5-9)12(13,14)15/h2-5,18H,1H3,(H,17,19)/b10-7+. The largest absolute Gasteiger partial charge is 0.511 e. The first kappa shape index (κ1) is 15.4. The second-order valence-electron chi connectivity index (χ2n) is 3.63. The van der Waals surface area contributed by atoms with E-state index >= 15 is 0 Å². The van der Waals surface area contributed by atoms with Gasteiger partial charge in [-0.3, -0.25) is 4.79 Å². The van der Waals surface area contributed by atoms with E-state index in [9.17, 15) is 18.0 Å². The molecule has 0 aliphatic carbocycles. The Bertz CT molecular complexity index is 584. The maximum atomic E-state index is 12.4. The first-order chi connectivity index (χ1) is 9.25. The Balaban J connectivity index is 2.80. The molecule has 0 bridgehead atoms. The Morgan fingerprint density at radius 3 is 2.60 bits per heavy atom. The number of nitrogens with zero attached hydrogens (tertiary/aromatic N) is 1. The fourth-order valence-electron chi connectivity index (χ4n) is 1.19. The lowest BCUT2D eigenvalue weighted by Crippen LogP contribution is -2.28. The third-order valence-corrected chi connectivity index (χ3v) is 2.12. The number of rotatable bonds is 3. The van der Waals surface area contributed by atoms with E-state index in [1.165, 1.54) is 12.1 Å². The monoisotopic (exact) mass is 286 g/mol. The van der Waals surface area contributed by atoms with Crippen molar-refractivity contribution in [1.29, 1.82) is 5.26 Å². The molecule has 0 atom stereocenters. The quantitative estimate of drug-likeness (QED) is 0.387. The van der Waals surface area contributed by atoms with E-state index in [2.05, 4.69) is 4.84 Å². The summed E-state index contributed by atoms with van der Waals surface area (Å²) in [4.78, 5) is 16.0. The van der Waals surface area contributed by atoms with E-state index in [0.717, 1.165) is 19.1 Å².